The molecule has 0 fully saturated rings. The van der Waals surface area contributed by atoms with E-state index < -0.39 is 0 Å². The SMILES string of the molecule is CCCOc1cc(C=CC=CC(=O)CCC)ccc1O. The second kappa shape index (κ2) is 8.97. The molecule has 3 heteroatoms. The van der Waals surface area contributed by atoms with Crippen molar-refractivity contribution in [2.75, 3.05) is 6.61 Å². The van der Waals surface area contributed by atoms with Gasteiger partial charge in [0, 0.05) is 6.42 Å². The average Bonchev–Trinajstić information content (AvgIpc) is 2.44. The van der Waals surface area contributed by atoms with Gasteiger partial charge in [0.2, 0.25) is 0 Å². The lowest BCUT2D eigenvalue weighted by Crippen LogP contribution is -1.95. The summed E-state index contributed by atoms with van der Waals surface area (Å²) in [5, 5.41) is 9.66. The summed E-state index contributed by atoms with van der Waals surface area (Å²) >= 11 is 0. The molecule has 20 heavy (non-hydrogen) atoms. The van der Waals surface area contributed by atoms with Gasteiger partial charge in [-0.15, -0.1) is 0 Å². The molecule has 1 aromatic rings. The van der Waals surface area contributed by atoms with Gasteiger partial charge in [-0.2, -0.15) is 0 Å². The molecule has 0 aromatic heterocycles. The molecule has 1 aromatic carbocycles. The quantitative estimate of drug-likeness (QED) is 0.573. The summed E-state index contributed by atoms with van der Waals surface area (Å²) in [6.07, 6.45) is 9.33. The summed E-state index contributed by atoms with van der Waals surface area (Å²) in [5.74, 6) is 0.763. The van der Waals surface area contributed by atoms with E-state index in [1.165, 1.54) is 0 Å². The molecule has 0 aliphatic heterocycles. The molecule has 0 bridgehead atoms. The fraction of sp³-hybridized carbons (Fsp3) is 0.353. The number of allylic oxidation sites excluding steroid dienone is 3. The van der Waals surface area contributed by atoms with Crippen molar-refractivity contribution in [1.82, 2.24) is 0 Å². The highest BCUT2D eigenvalue weighted by Gasteiger charge is 2.01. The first-order chi connectivity index (χ1) is 9.67. The van der Waals surface area contributed by atoms with Gasteiger partial charge in [-0.05, 0) is 36.6 Å². The lowest BCUT2D eigenvalue weighted by atomic mass is 10.1. The van der Waals surface area contributed by atoms with Gasteiger partial charge >= 0.3 is 0 Å². The smallest absolute Gasteiger partial charge is 0.161 e. The highest BCUT2D eigenvalue weighted by atomic mass is 16.5. The van der Waals surface area contributed by atoms with Crippen LogP contribution in [0, 0.1) is 0 Å². The van der Waals surface area contributed by atoms with E-state index in [0.717, 1.165) is 18.4 Å². The van der Waals surface area contributed by atoms with Crippen LogP contribution in [0.15, 0.2) is 36.4 Å². The largest absolute Gasteiger partial charge is 0.504 e. The van der Waals surface area contributed by atoms with Gasteiger partial charge in [-0.3, -0.25) is 4.79 Å². The van der Waals surface area contributed by atoms with Crippen molar-refractivity contribution in [3.63, 3.8) is 0 Å². The maximum Gasteiger partial charge on any atom is 0.161 e. The molecule has 0 spiro atoms. The van der Waals surface area contributed by atoms with Gasteiger partial charge in [-0.25, -0.2) is 0 Å². The number of benzene rings is 1. The van der Waals surface area contributed by atoms with Crippen molar-refractivity contribution < 1.29 is 14.6 Å². The first-order valence-electron chi connectivity index (χ1n) is 7.00. The van der Waals surface area contributed by atoms with Crippen LogP contribution < -0.4 is 4.74 Å². The Kier molecular flexibility index (Phi) is 7.18. The molecule has 0 aliphatic rings. The van der Waals surface area contributed by atoms with E-state index in [-0.39, 0.29) is 11.5 Å². The van der Waals surface area contributed by atoms with Gasteiger partial charge in [-0.1, -0.05) is 38.1 Å². The number of ether oxygens (including phenoxy) is 1. The predicted octanol–water partition coefficient (Wildman–Crippen LogP) is 4.12. The van der Waals surface area contributed by atoms with Gasteiger partial charge in [0.1, 0.15) is 0 Å². The highest BCUT2D eigenvalue weighted by Crippen LogP contribution is 2.27. The Bertz CT molecular complexity index is 487. The number of carbonyl (C=O) groups is 1. The lowest BCUT2D eigenvalue weighted by molar-refractivity contribution is -0.114. The van der Waals surface area contributed by atoms with E-state index in [4.69, 9.17) is 4.74 Å². The van der Waals surface area contributed by atoms with Crippen LogP contribution in [0.25, 0.3) is 6.08 Å². The van der Waals surface area contributed by atoms with Crippen LogP contribution >= 0.6 is 0 Å². The number of hydrogen-bond acceptors (Lipinski definition) is 3. The van der Waals surface area contributed by atoms with Crippen LogP contribution in [0.2, 0.25) is 0 Å². The second-order valence-corrected chi connectivity index (χ2v) is 4.51. The Morgan fingerprint density at radius 1 is 1.25 bits per heavy atom. The number of hydrogen-bond donors (Lipinski definition) is 1. The normalized spacial score (nSPS) is 11.3. The Hall–Kier alpha value is -2.03. The van der Waals surface area contributed by atoms with E-state index in [0.29, 0.717) is 18.8 Å². The Labute approximate surface area is 120 Å². The number of carbonyl (C=O) groups excluding carboxylic acids is 1. The third kappa shape index (κ3) is 5.74. The third-order valence-corrected chi connectivity index (χ3v) is 2.62. The molecule has 0 saturated heterocycles. The van der Waals surface area contributed by atoms with E-state index in [1.807, 2.05) is 26.0 Å². The van der Waals surface area contributed by atoms with Crippen LogP contribution in [0.5, 0.6) is 11.5 Å². The fourth-order valence-corrected chi connectivity index (χ4v) is 1.62. The van der Waals surface area contributed by atoms with Gasteiger partial charge in [0.15, 0.2) is 17.3 Å². The molecule has 0 atom stereocenters. The number of ketones is 1. The molecule has 0 unspecified atom stereocenters. The van der Waals surface area contributed by atoms with Crippen molar-refractivity contribution >= 4 is 11.9 Å². The minimum absolute atomic E-state index is 0.134. The van der Waals surface area contributed by atoms with E-state index >= 15 is 0 Å². The average molecular weight is 274 g/mol. The number of aromatic hydroxyl groups is 1. The summed E-state index contributed by atoms with van der Waals surface area (Å²) < 4.78 is 5.45. The summed E-state index contributed by atoms with van der Waals surface area (Å²) in [6.45, 7) is 4.57. The lowest BCUT2D eigenvalue weighted by Gasteiger charge is -2.07. The highest BCUT2D eigenvalue weighted by molar-refractivity contribution is 5.89. The first-order valence-corrected chi connectivity index (χ1v) is 7.00. The van der Waals surface area contributed by atoms with Crippen LogP contribution in [0.4, 0.5) is 0 Å². The number of rotatable bonds is 8. The minimum Gasteiger partial charge on any atom is -0.504 e. The molecule has 1 rings (SSSR count). The molecule has 0 saturated carbocycles. The first kappa shape index (κ1) is 16.0. The Balaban J connectivity index is 2.65. The second-order valence-electron chi connectivity index (χ2n) is 4.51. The molecule has 3 nitrogen and oxygen atoms in total. The van der Waals surface area contributed by atoms with Crippen molar-refractivity contribution in [2.24, 2.45) is 0 Å². The summed E-state index contributed by atoms with van der Waals surface area (Å²) in [5.41, 5.74) is 0.918. The Morgan fingerprint density at radius 2 is 2.05 bits per heavy atom. The molecular weight excluding hydrogens is 252 g/mol. The van der Waals surface area contributed by atoms with Crippen LogP contribution in [0.1, 0.15) is 38.7 Å². The fourth-order valence-electron chi connectivity index (χ4n) is 1.62. The standard InChI is InChI=1S/C17H22O3/c1-3-7-15(18)9-6-5-8-14-10-11-16(19)17(13-14)20-12-4-2/h5-6,8-11,13,19H,3-4,7,12H2,1-2H3. The van der Waals surface area contributed by atoms with E-state index in [1.54, 1.807) is 30.4 Å². The van der Waals surface area contributed by atoms with Crippen molar-refractivity contribution in [3.8, 4) is 11.5 Å². The summed E-state index contributed by atoms with van der Waals surface area (Å²) in [6, 6.07) is 5.19. The number of phenols is 1. The van der Waals surface area contributed by atoms with Crippen LogP contribution in [-0.2, 0) is 4.79 Å². The zero-order chi connectivity index (χ0) is 14.8. The maximum atomic E-state index is 11.3. The molecule has 0 radical (unpaired) electrons. The third-order valence-electron chi connectivity index (χ3n) is 2.62. The van der Waals surface area contributed by atoms with Crippen molar-refractivity contribution in [2.45, 2.75) is 33.1 Å². The summed E-state index contributed by atoms with van der Waals surface area (Å²) in [4.78, 5) is 11.3. The minimum atomic E-state index is 0.134. The molecule has 0 aliphatic carbocycles. The predicted molar refractivity (Wildman–Crippen MR) is 82.0 cm³/mol. The van der Waals surface area contributed by atoms with Crippen LogP contribution in [0.3, 0.4) is 0 Å². The van der Waals surface area contributed by atoms with Gasteiger partial charge in [0.05, 0.1) is 6.61 Å². The van der Waals surface area contributed by atoms with E-state index in [2.05, 4.69) is 0 Å². The Morgan fingerprint density at radius 3 is 2.75 bits per heavy atom. The molecule has 0 heterocycles. The molecule has 0 amide bonds. The summed E-state index contributed by atoms with van der Waals surface area (Å²) in [7, 11) is 0. The van der Waals surface area contributed by atoms with Gasteiger partial charge in [0.25, 0.3) is 0 Å². The van der Waals surface area contributed by atoms with Gasteiger partial charge < -0.3 is 9.84 Å². The van der Waals surface area contributed by atoms with Crippen molar-refractivity contribution in [1.29, 1.82) is 0 Å². The molecule has 1 N–H and O–H groups in total. The molecular formula is C17H22O3. The maximum absolute atomic E-state index is 11.3. The molecule has 108 valence electrons. The monoisotopic (exact) mass is 274 g/mol. The zero-order valence-corrected chi connectivity index (χ0v) is 12.1. The van der Waals surface area contributed by atoms with Crippen LogP contribution in [-0.4, -0.2) is 17.5 Å². The van der Waals surface area contributed by atoms with E-state index in [9.17, 15) is 9.90 Å². The number of phenolic OH excluding ortho intramolecular Hbond substituents is 1. The zero-order valence-electron chi connectivity index (χ0n) is 12.1. The van der Waals surface area contributed by atoms with Crippen molar-refractivity contribution in [3.05, 3.63) is 42.0 Å². The topological polar surface area (TPSA) is 46.5 Å².